The summed E-state index contributed by atoms with van der Waals surface area (Å²) in [4.78, 5) is 17.9. The third kappa shape index (κ3) is 5.68. The minimum absolute atomic E-state index is 0.0129. The summed E-state index contributed by atoms with van der Waals surface area (Å²) in [5.74, 6) is -0.0407. The van der Waals surface area contributed by atoms with Gasteiger partial charge in [0.05, 0.1) is 5.69 Å². The van der Waals surface area contributed by atoms with Gasteiger partial charge in [0.1, 0.15) is 5.01 Å². The summed E-state index contributed by atoms with van der Waals surface area (Å²) in [6, 6.07) is 35.8. The Labute approximate surface area is 214 Å². The number of nitrogens with zero attached hydrogens (tertiary/aromatic N) is 1. The van der Waals surface area contributed by atoms with Crippen LogP contribution in [0.5, 0.6) is 0 Å². The zero-order chi connectivity index (χ0) is 24.0. The topological polar surface area (TPSA) is 42.0 Å². The van der Waals surface area contributed by atoms with Crippen molar-refractivity contribution < 1.29 is 4.79 Å². The van der Waals surface area contributed by atoms with Gasteiger partial charge in [0.15, 0.2) is 0 Å². The first kappa shape index (κ1) is 23.0. The lowest BCUT2D eigenvalue weighted by Crippen LogP contribution is -2.16. The Morgan fingerprint density at radius 1 is 0.800 bits per heavy atom. The zero-order valence-corrected chi connectivity index (χ0v) is 20.5. The Bertz CT molecular complexity index is 1380. The van der Waals surface area contributed by atoms with Gasteiger partial charge in [-0.25, -0.2) is 4.98 Å². The van der Waals surface area contributed by atoms with Gasteiger partial charge in [-0.1, -0.05) is 96.5 Å². The number of benzene rings is 4. The van der Waals surface area contributed by atoms with Crippen LogP contribution in [0.3, 0.4) is 0 Å². The Hall–Kier alpha value is -3.73. The Morgan fingerprint density at radius 2 is 1.46 bits per heavy atom. The van der Waals surface area contributed by atoms with Crippen molar-refractivity contribution >= 4 is 34.5 Å². The predicted molar refractivity (Wildman–Crippen MR) is 146 cm³/mol. The van der Waals surface area contributed by atoms with Gasteiger partial charge in [0.2, 0.25) is 5.91 Å². The van der Waals surface area contributed by atoms with E-state index in [4.69, 9.17) is 16.6 Å². The van der Waals surface area contributed by atoms with Crippen molar-refractivity contribution in [1.29, 1.82) is 0 Å². The summed E-state index contributed by atoms with van der Waals surface area (Å²) in [7, 11) is 0. The maximum Gasteiger partial charge on any atom is 0.225 e. The molecule has 1 heterocycles. The van der Waals surface area contributed by atoms with E-state index in [1.165, 1.54) is 0 Å². The first-order chi connectivity index (χ1) is 17.2. The van der Waals surface area contributed by atoms with Crippen LogP contribution in [0.15, 0.2) is 115 Å². The molecule has 5 rings (SSSR count). The molecule has 0 unspecified atom stereocenters. The number of aromatic nitrogens is 1. The van der Waals surface area contributed by atoms with Gasteiger partial charge in [-0.05, 0) is 35.4 Å². The number of hydrogen-bond donors (Lipinski definition) is 1. The molecule has 3 nitrogen and oxygen atoms in total. The average Bonchev–Trinajstić information content (AvgIpc) is 3.39. The number of rotatable bonds is 7. The molecule has 0 aliphatic carbocycles. The van der Waals surface area contributed by atoms with Crippen LogP contribution in [0.2, 0.25) is 5.02 Å². The Morgan fingerprint density at radius 3 is 2.11 bits per heavy atom. The number of nitrogens with one attached hydrogen (secondary N) is 1. The monoisotopic (exact) mass is 494 g/mol. The second kappa shape index (κ2) is 10.7. The minimum Gasteiger partial charge on any atom is -0.326 e. The van der Waals surface area contributed by atoms with Crippen molar-refractivity contribution in [2.45, 2.75) is 12.3 Å². The van der Waals surface area contributed by atoms with Gasteiger partial charge in [-0.2, -0.15) is 0 Å². The number of halogens is 1. The van der Waals surface area contributed by atoms with Gasteiger partial charge in [-0.15, -0.1) is 11.3 Å². The zero-order valence-electron chi connectivity index (χ0n) is 18.9. The lowest BCUT2D eigenvalue weighted by molar-refractivity contribution is -0.116. The summed E-state index contributed by atoms with van der Waals surface area (Å²) >= 11 is 7.59. The van der Waals surface area contributed by atoms with Crippen molar-refractivity contribution in [2.24, 2.45) is 0 Å². The molecule has 0 aliphatic heterocycles. The molecule has 5 heteroatoms. The molecule has 0 saturated carbocycles. The van der Waals surface area contributed by atoms with Crippen LogP contribution in [0.4, 0.5) is 5.69 Å². The van der Waals surface area contributed by atoms with Gasteiger partial charge in [-0.3, -0.25) is 4.79 Å². The summed E-state index contributed by atoms with van der Waals surface area (Å²) < 4.78 is 0. The molecule has 1 N–H and O–H groups in total. The van der Waals surface area contributed by atoms with Gasteiger partial charge < -0.3 is 5.32 Å². The molecule has 0 aliphatic rings. The highest BCUT2D eigenvalue weighted by Crippen LogP contribution is 2.31. The van der Waals surface area contributed by atoms with Crippen LogP contribution in [-0.4, -0.2) is 10.9 Å². The predicted octanol–water partition coefficient (Wildman–Crippen LogP) is 8.29. The molecule has 4 aromatic carbocycles. The largest absolute Gasteiger partial charge is 0.326 e. The third-order valence-electron chi connectivity index (χ3n) is 5.83. The van der Waals surface area contributed by atoms with E-state index in [-0.39, 0.29) is 11.8 Å². The van der Waals surface area contributed by atoms with E-state index in [0.29, 0.717) is 11.4 Å². The quantitative estimate of drug-likeness (QED) is 0.247. The number of anilines is 1. The van der Waals surface area contributed by atoms with E-state index in [2.05, 4.69) is 29.6 Å². The fourth-order valence-electron chi connectivity index (χ4n) is 4.08. The molecule has 0 fully saturated rings. The fraction of sp³-hybridized carbons (Fsp3) is 0.0667. The molecule has 0 radical (unpaired) electrons. The van der Waals surface area contributed by atoms with Gasteiger partial charge in [0.25, 0.3) is 0 Å². The molecule has 172 valence electrons. The minimum atomic E-state index is -0.0278. The highest BCUT2D eigenvalue weighted by atomic mass is 35.5. The summed E-state index contributed by atoms with van der Waals surface area (Å²) in [5.41, 5.74) is 5.88. The second-order valence-corrected chi connectivity index (χ2v) is 9.55. The van der Waals surface area contributed by atoms with Crippen molar-refractivity contribution in [3.05, 3.63) is 131 Å². The maximum absolute atomic E-state index is 13.1. The molecule has 1 amide bonds. The van der Waals surface area contributed by atoms with E-state index >= 15 is 0 Å². The van der Waals surface area contributed by atoms with Crippen LogP contribution < -0.4 is 5.32 Å². The molecule has 1 aromatic heterocycles. The van der Waals surface area contributed by atoms with Crippen LogP contribution in [0.25, 0.3) is 21.8 Å². The number of amides is 1. The molecular formula is C30H23ClN2OS. The summed E-state index contributed by atoms with van der Waals surface area (Å²) in [6.45, 7) is 0. The summed E-state index contributed by atoms with van der Waals surface area (Å²) in [6.07, 6.45) is 0.357. The number of hydrogen-bond acceptors (Lipinski definition) is 3. The normalized spacial score (nSPS) is 10.9. The highest BCUT2D eigenvalue weighted by molar-refractivity contribution is 7.13. The SMILES string of the molecule is O=C(CC(c1ccccc1)c1ccccc1)Nc1cccc(-c2csc(-c3ccc(Cl)cc3)n2)c1. The van der Waals surface area contributed by atoms with Gasteiger partial charge >= 0.3 is 0 Å². The van der Waals surface area contributed by atoms with E-state index in [0.717, 1.165) is 38.6 Å². The molecular weight excluding hydrogens is 472 g/mol. The molecule has 0 bridgehead atoms. The maximum atomic E-state index is 13.1. The van der Waals surface area contributed by atoms with Gasteiger partial charge in [0, 0.05) is 39.6 Å². The van der Waals surface area contributed by atoms with Crippen molar-refractivity contribution in [2.75, 3.05) is 5.32 Å². The Balaban J connectivity index is 1.33. The first-order valence-corrected chi connectivity index (χ1v) is 12.6. The van der Waals surface area contributed by atoms with Crippen molar-refractivity contribution in [1.82, 2.24) is 4.98 Å². The van der Waals surface area contributed by atoms with Crippen LogP contribution in [0, 0.1) is 0 Å². The van der Waals surface area contributed by atoms with Crippen molar-refractivity contribution in [3.63, 3.8) is 0 Å². The van der Waals surface area contributed by atoms with Crippen LogP contribution in [0.1, 0.15) is 23.5 Å². The van der Waals surface area contributed by atoms with E-state index in [1.54, 1.807) is 11.3 Å². The highest BCUT2D eigenvalue weighted by Gasteiger charge is 2.18. The third-order valence-corrected chi connectivity index (χ3v) is 6.97. The lowest BCUT2D eigenvalue weighted by atomic mass is 9.88. The van der Waals surface area contributed by atoms with E-state index < -0.39 is 0 Å². The number of carbonyl (C=O) groups excluding carboxylic acids is 1. The molecule has 5 aromatic rings. The van der Waals surface area contributed by atoms with Crippen LogP contribution in [-0.2, 0) is 4.79 Å². The van der Waals surface area contributed by atoms with Crippen LogP contribution >= 0.6 is 22.9 Å². The smallest absolute Gasteiger partial charge is 0.225 e. The standard InChI is InChI=1S/C30H23ClN2OS/c31-25-16-14-23(15-17-25)30-33-28(20-35-30)24-12-7-13-26(18-24)32-29(34)19-27(21-8-3-1-4-9-21)22-10-5-2-6-11-22/h1-18,20,27H,19H2,(H,32,34). The molecule has 35 heavy (non-hydrogen) atoms. The number of carbonyl (C=O) groups is 1. The van der Waals surface area contributed by atoms with Crippen molar-refractivity contribution in [3.8, 4) is 21.8 Å². The molecule has 0 atom stereocenters. The molecule has 0 saturated heterocycles. The lowest BCUT2D eigenvalue weighted by Gasteiger charge is -2.18. The second-order valence-electron chi connectivity index (χ2n) is 8.25. The summed E-state index contributed by atoms with van der Waals surface area (Å²) in [5, 5.41) is 6.76. The first-order valence-electron chi connectivity index (χ1n) is 11.4. The molecule has 0 spiro atoms. The number of thiazole rings is 1. The van der Waals surface area contributed by atoms with E-state index in [1.807, 2.05) is 90.3 Å². The van der Waals surface area contributed by atoms with E-state index in [9.17, 15) is 4.79 Å². The average molecular weight is 495 g/mol. The Kier molecular flexibility index (Phi) is 7.03. The fourth-order valence-corrected chi connectivity index (χ4v) is 5.05.